The van der Waals surface area contributed by atoms with E-state index in [1.165, 1.54) is 6.08 Å². The van der Waals surface area contributed by atoms with Gasteiger partial charge >= 0.3 is 0 Å². The summed E-state index contributed by atoms with van der Waals surface area (Å²) in [5.74, 6) is 0.915. The van der Waals surface area contributed by atoms with Crippen LogP contribution in [0.4, 0.5) is 0 Å². The Hall–Kier alpha value is -2.52. The minimum absolute atomic E-state index is 0.223. The van der Waals surface area contributed by atoms with E-state index in [1.54, 1.807) is 36.9 Å². The SMILES string of the molecule is CC(C)(C)OC1=CC(=O)N([C@@H]2c3cc(C#N)ccc3OC(C)(C)[C@H]2O)C1. The lowest BCUT2D eigenvalue weighted by Gasteiger charge is -2.45. The molecule has 0 spiro atoms. The van der Waals surface area contributed by atoms with Gasteiger partial charge in [0.15, 0.2) is 0 Å². The van der Waals surface area contributed by atoms with E-state index in [1.807, 2.05) is 20.8 Å². The standard InChI is InChI=1S/C20H24N2O4/c1-19(2,3)25-13-9-16(23)22(11-13)17-14-8-12(10-21)6-7-15(14)26-20(4,5)18(17)24/h6-9,17-18,24H,11H2,1-5H3/t17-,18+/m1/s1. The summed E-state index contributed by atoms with van der Waals surface area (Å²) in [6.07, 6.45) is 0.518. The van der Waals surface area contributed by atoms with E-state index in [4.69, 9.17) is 9.47 Å². The van der Waals surface area contributed by atoms with Gasteiger partial charge in [0, 0.05) is 11.6 Å². The number of nitrogens with zero attached hydrogens (tertiary/aromatic N) is 2. The summed E-state index contributed by atoms with van der Waals surface area (Å²) in [4.78, 5) is 14.2. The number of hydrogen-bond acceptors (Lipinski definition) is 5. The second-order valence-corrected chi connectivity index (χ2v) is 8.25. The molecule has 1 N–H and O–H groups in total. The maximum atomic E-state index is 12.6. The number of carbonyl (C=O) groups is 1. The van der Waals surface area contributed by atoms with Crippen LogP contribution < -0.4 is 4.74 Å². The van der Waals surface area contributed by atoms with Gasteiger partial charge in [0.2, 0.25) is 0 Å². The van der Waals surface area contributed by atoms with Crippen LogP contribution in [0.2, 0.25) is 0 Å². The van der Waals surface area contributed by atoms with Gasteiger partial charge in [-0.1, -0.05) is 0 Å². The smallest absolute Gasteiger partial charge is 0.251 e. The normalized spacial score (nSPS) is 24.4. The molecule has 2 atom stereocenters. The number of benzene rings is 1. The van der Waals surface area contributed by atoms with Crippen molar-refractivity contribution in [1.82, 2.24) is 4.90 Å². The highest BCUT2D eigenvalue weighted by Crippen LogP contribution is 2.44. The fourth-order valence-electron chi connectivity index (χ4n) is 3.38. The number of hydrogen-bond donors (Lipinski definition) is 1. The molecule has 1 amide bonds. The molecular formula is C20H24N2O4. The van der Waals surface area contributed by atoms with Crippen molar-refractivity contribution in [2.45, 2.75) is 58.0 Å². The van der Waals surface area contributed by atoms with Crippen LogP contribution in [0.3, 0.4) is 0 Å². The Balaban J connectivity index is 1.99. The Bertz CT molecular complexity index is 814. The Morgan fingerprint density at radius 1 is 1.38 bits per heavy atom. The maximum Gasteiger partial charge on any atom is 0.251 e. The van der Waals surface area contributed by atoms with Gasteiger partial charge in [-0.05, 0) is 52.8 Å². The van der Waals surface area contributed by atoms with Crippen molar-refractivity contribution in [3.8, 4) is 11.8 Å². The Kier molecular flexibility index (Phi) is 4.24. The molecule has 0 aliphatic carbocycles. The molecular weight excluding hydrogens is 332 g/mol. The zero-order valence-electron chi connectivity index (χ0n) is 15.7. The molecule has 2 aliphatic heterocycles. The van der Waals surface area contributed by atoms with Gasteiger partial charge in [0.05, 0.1) is 24.2 Å². The van der Waals surface area contributed by atoms with Crippen LogP contribution in [0.15, 0.2) is 30.0 Å². The molecule has 3 rings (SSSR count). The molecule has 0 fully saturated rings. The number of carbonyl (C=O) groups excluding carboxylic acids is 1. The van der Waals surface area contributed by atoms with E-state index in [9.17, 15) is 15.2 Å². The van der Waals surface area contributed by atoms with Gasteiger partial charge in [0.25, 0.3) is 5.91 Å². The molecule has 6 heteroatoms. The second-order valence-electron chi connectivity index (χ2n) is 8.25. The molecule has 0 bridgehead atoms. The van der Waals surface area contributed by atoms with Crippen LogP contribution in [-0.4, -0.2) is 39.8 Å². The van der Waals surface area contributed by atoms with E-state index in [0.29, 0.717) is 22.6 Å². The van der Waals surface area contributed by atoms with Crippen molar-refractivity contribution < 1.29 is 19.4 Å². The number of nitriles is 1. The minimum Gasteiger partial charge on any atom is -0.490 e. The van der Waals surface area contributed by atoms with Gasteiger partial charge in [-0.25, -0.2) is 0 Å². The first-order valence-electron chi connectivity index (χ1n) is 8.63. The Labute approximate surface area is 153 Å². The molecule has 138 valence electrons. The van der Waals surface area contributed by atoms with Gasteiger partial charge in [-0.3, -0.25) is 4.79 Å². The summed E-state index contributed by atoms with van der Waals surface area (Å²) in [6, 6.07) is 6.54. The van der Waals surface area contributed by atoms with Crippen molar-refractivity contribution in [2.24, 2.45) is 0 Å². The van der Waals surface area contributed by atoms with Gasteiger partial charge in [-0.15, -0.1) is 0 Å². The summed E-state index contributed by atoms with van der Waals surface area (Å²) >= 11 is 0. The molecule has 6 nitrogen and oxygen atoms in total. The quantitative estimate of drug-likeness (QED) is 0.881. The summed E-state index contributed by atoms with van der Waals surface area (Å²) in [5.41, 5.74) is -0.203. The number of aliphatic hydroxyl groups is 1. The van der Waals surface area contributed by atoms with Crippen molar-refractivity contribution >= 4 is 5.91 Å². The highest BCUT2D eigenvalue weighted by Gasteiger charge is 2.48. The van der Waals surface area contributed by atoms with E-state index in [2.05, 4.69) is 6.07 Å². The lowest BCUT2D eigenvalue weighted by molar-refractivity contribution is -0.137. The number of ether oxygens (including phenoxy) is 2. The number of fused-ring (bicyclic) bond motifs is 1. The molecule has 0 saturated heterocycles. The van der Waals surface area contributed by atoms with Crippen LogP contribution in [0.1, 0.15) is 51.8 Å². The van der Waals surface area contributed by atoms with E-state index >= 15 is 0 Å². The summed E-state index contributed by atoms with van der Waals surface area (Å²) < 4.78 is 11.8. The van der Waals surface area contributed by atoms with E-state index in [0.717, 1.165) is 0 Å². The van der Waals surface area contributed by atoms with Crippen LogP contribution in [0, 0.1) is 11.3 Å². The predicted octanol–water partition coefficient (Wildman–Crippen LogP) is 2.67. The topological polar surface area (TPSA) is 82.8 Å². The third-order valence-electron chi connectivity index (χ3n) is 4.51. The van der Waals surface area contributed by atoms with Crippen molar-refractivity contribution in [2.75, 3.05) is 6.54 Å². The molecule has 26 heavy (non-hydrogen) atoms. The third kappa shape index (κ3) is 3.27. The van der Waals surface area contributed by atoms with Gasteiger partial charge < -0.3 is 19.5 Å². The lowest BCUT2D eigenvalue weighted by Crippen LogP contribution is -2.54. The fraction of sp³-hybridized carbons (Fsp3) is 0.500. The molecule has 2 aliphatic rings. The first-order chi connectivity index (χ1) is 12.0. The van der Waals surface area contributed by atoms with Crippen molar-refractivity contribution in [3.05, 3.63) is 41.2 Å². The summed E-state index contributed by atoms with van der Waals surface area (Å²) in [5, 5.41) is 20.2. The number of aliphatic hydroxyl groups excluding tert-OH is 1. The average Bonchev–Trinajstić information content (AvgIpc) is 2.86. The molecule has 1 aromatic carbocycles. The zero-order valence-corrected chi connectivity index (χ0v) is 15.7. The molecule has 0 radical (unpaired) electrons. The fourth-order valence-corrected chi connectivity index (χ4v) is 3.38. The lowest BCUT2D eigenvalue weighted by atomic mass is 9.85. The van der Waals surface area contributed by atoms with Crippen LogP contribution in [0.5, 0.6) is 5.75 Å². The highest BCUT2D eigenvalue weighted by molar-refractivity contribution is 5.91. The monoisotopic (exact) mass is 356 g/mol. The van der Waals surface area contributed by atoms with Gasteiger partial charge in [-0.2, -0.15) is 5.26 Å². The summed E-state index contributed by atoms with van der Waals surface area (Å²) in [7, 11) is 0. The number of amides is 1. The number of rotatable bonds is 2. The molecule has 1 aromatic rings. The highest BCUT2D eigenvalue weighted by atomic mass is 16.5. The van der Waals surface area contributed by atoms with E-state index < -0.39 is 23.3 Å². The first kappa shape index (κ1) is 18.3. The molecule has 0 saturated carbocycles. The Morgan fingerprint density at radius 2 is 2.08 bits per heavy atom. The van der Waals surface area contributed by atoms with Crippen LogP contribution in [-0.2, 0) is 9.53 Å². The van der Waals surface area contributed by atoms with Crippen molar-refractivity contribution in [1.29, 1.82) is 5.26 Å². The van der Waals surface area contributed by atoms with Crippen molar-refractivity contribution in [3.63, 3.8) is 0 Å². The molecule has 0 aromatic heterocycles. The minimum atomic E-state index is -0.949. The Morgan fingerprint density at radius 3 is 2.69 bits per heavy atom. The largest absolute Gasteiger partial charge is 0.490 e. The van der Waals surface area contributed by atoms with Gasteiger partial charge in [0.1, 0.15) is 28.8 Å². The second kappa shape index (κ2) is 6.03. The average molecular weight is 356 g/mol. The zero-order chi connectivity index (χ0) is 19.3. The maximum absolute atomic E-state index is 12.6. The first-order valence-corrected chi connectivity index (χ1v) is 8.63. The van der Waals surface area contributed by atoms with Crippen LogP contribution in [0.25, 0.3) is 0 Å². The summed E-state index contributed by atoms with van der Waals surface area (Å²) in [6.45, 7) is 9.59. The molecule has 2 heterocycles. The third-order valence-corrected chi connectivity index (χ3v) is 4.51. The predicted molar refractivity (Wildman–Crippen MR) is 95.2 cm³/mol. The molecule has 0 unspecified atom stereocenters. The van der Waals surface area contributed by atoms with E-state index in [-0.39, 0.29) is 12.5 Å². The van der Waals surface area contributed by atoms with Crippen LogP contribution >= 0.6 is 0 Å².